The lowest BCUT2D eigenvalue weighted by atomic mass is 10.1. The number of hydrogen-bond acceptors (Lipinski definition) is 5. The highest BCUT2D eigenvalue weighted by Gasteiger charge is 2.36. The lowest BCUT2D eigenvalue weighted by Crippen LogP contribution is -2.33. The maximum Gasteiger partial charge on any atom is 0.293 e. The molecule has 0 unspecified atom stereocenters. The van der Waals surface area contributed by atoms with E-state index < -0.39 is 11.1 Å². The summed E-state index contributed by atoms with van der Waals surface area (Å²) in [6.07, 6.45) is 1.62. The zero-order valence-electron chi connectivity index (χ0n) is 17.2. The minimum Gasteiger partial charge on any atom is -0.489 e. The van der Waals surface area contributed by atoms with Crippen molar-refractivity contribution in [3.05, 3.63) is 104 Å². The number of benzene rings is 3. The smallest absolute Gasteiger partial charge is 0.293 e. The summed E-state index contributed by atoms with van der Waals surface area (Å²) in [4.78, 5) is 38.7. The topological polar surface area (TPSA) is 63.7 Å². The van der Waals surface area contributed by atoms with Crippen LogP contribution in [-0.2, 0) is 11.4 Å². The zero-order chi connectivity index (χ0) is 23.4. The first-order chi connectivity index (χ1) is 15.9. The van der Waals surface area contributed by atoms with Crippen molar-refractivity contribution in [1.29, 1.82) is 0 Å². The molecule has 1 aliphatic rings. The Kier molecular flexibility index (Phi) is 7.18. The maximum absolute atomic E-state index is 12.7. The molecule has 1 saturated heterocycles. The largest absolute Gasteiger partial charge is 0.489 e. The average Bonchev–Trinajstić information content (AvgIpc) is 3.07. The van der Waals surface area contributed by atoms with E-state index in [0.717, 1.165) is 27.8 Å². The molecule has 0 bridgehead atoms. The van der Waals surface area contributed by atoms with Gasteiger partial charge < -0.3 is 4.74 Å². The monoisotopic (exact) mass is 497 g/mol. The standard InChI is InChI=1S/C25H17Cl2NO4S/c26-19-9-7-17(8-10-19)22(29)14-28-24(30)23(33-25(28)31)13-16-5-11-20(12-6-16)32-15-18-3-1-2-4-21(18)27/h1-13H,14-15H2/b23-13+. The average molecular weight is 498 g/mol. The molecule has 1 aliphatic heterocycles. The van der Waals surface area contributed by atoms with Gasteiger partial charge in [-0.3, -0.25) is 19.3 Å². The second-order valence-electron chi connectivity index (χ2n) is 7.15. The van der Waals surface area contributed by atoms with Gasteiger partial charge in [-0.05, 0) is 65.9 Å². The molecule has 2 amide bonds. The van der Waals surface area contributed by atoms with Crippen molar-refractivity contribution < 1.29 is 19.1 Å². The molecule has 8 heteroatoms. The first-order valence-corrected chi connectivity index (χ1v) is 11.5. The number of carbonyl (C=O) groups excluding carboxylic acids is 3. The van der Waals surface area contributed by atoms with E-state index >= 15 is 0 Å². The molecule has 5 nitrogen and oxygen atoms in total. The number of Topliss-reactive ketones (excluding diaryl/α,β-unsaturated/α-hetero) is 1. The Bertz CT molecular complexity index is 1240. The summed E-state index contributed by atoms with van der Waals surface area (Å²) in [6, 6.07) is 20.9. The minimum atomic E-state index is -0.494. The Morgan fingerprint density at radius 2 is 1.64 bits per heavy atom. The fourth-order valence-electron chi connectivity index (χ4n) is 3.10. The predicted molar refractivity (Wildman–Crippen MR) is 131 cm³/mol. The van der Waals surface area contributed by atoms with Crippen molar-refractivity contribution in [3.63, 3.8) is 0 Å². The van der Waals surface area contributed by atoms with Gasteiger partial charge in [-0.15, -0.1) is 0 Å². The molecule has 1 heterocycles. The number of hydrogen-bond donors (Lipinski definition) is 0. The van der Waals surface area contributed by atoms with Crippen LogP contribution in [-0.4, -0.2) is 28.4 Å². The highest BCUT2D eigenvalue weighted by Crippen LogP contribution is 2.32. The molecule has 0 saturated carbocycles. The molecule has 3 aromatic rings. The molecular formula is C25H17Cl2NO4S. The molecule has 33 heavy (non-hydrogen) atoms. The van der Waals surface area contributed by atoms with E-state index in [1.807, 2.05) is 18.2 Å². The Morgan fingerprint density at radius 1 is 0.939 bits per heavy atom. The Morgan fingerprint density at radius 3 is 2.33 bits per heavy atom. The van der Waals surface area contributed by atoms with Crippen molar-refractivity contribution >= 4 is 58.0 Å². The van der Waals surface area contributed by atoms with Gasteiger partial charge in [0.1, 0.15) is 12.4 Å². The van der Waals surface area contributed by atoms with E-state index in [2.05, 4.69) is 0 Å². The number of halogens is 2. The molecule has 0 atom stereocenters. The summed E-state index contributed by atoms with van der Waals surface area (Å²) in [5, 5.41) is 0.661. The number of carbonyl (C=O) groups is 3. The molecule has 4 rings (SSSR count). The quantitative estimate of drug-likeness (QED) is 0.275. The van der Waals surface area contributed by atoms with Gasteiger partial charge >= 0.3 is 0 Å². The lowest BCUT2D eigenvalue weighted by Gasteiger charge is -2.11. The van der Waals surface area contributed by atoms with Gasteiger partial charge in [0.15, 0.2) is 5.78 Å². The van der Waals surface area contributed by atoms with Gasteiger partial charge in [-0.1, -0.05) is 53.5 Å². The third-order valence-corrected chi connectivity index (χ3v) is 6.40. The van der Waals surface area contributed by atoms with Crippen LogP contribution in [0.5, 0.6) is 5.75 Å². The minimum absolute atomic E-state index is 0.258. The summed E-state index contributed by atoms with van der Waals surface area (Å²) >= 11 is 12.8. The van der Waals surface area contributed by atoms with E-state index in [4.69, 9.17) is 27.9 Å². The number of imide groups is 1. The van der Waals surface area contributed by atoms with E-state index in [1.54, 1.807) is 60.7 Å². The van der Waals surface area contributed by atoms with Crippen molar-refractivity contribution in [1.82, 2.24) is 4.90 Å². The van der Waals surface area contributed by atoms with Crippen LogP contribution >= 0.6 is 35.0 Å². The van der Waals surface area contributed by atoms with Crippen LogP contribution in [0.4, 0.5) is 4.79 Å². The lowest BCUT2D eigenvalue weighted by molar-refractivity contribution is -0.122. The fraction of sp³-hybridized carbons (Fsp3) is 0.0800. The van der Waals surface area contributed by atoms with Crippen molar-refractivity contribution in [2.24, 2.45) is 0 Å². The molecule has 0 aromatic heterocycles. The Labute approximate surface area is 204 Å². The fourth-order valence-corrected chi connectivity index (χ4v) is 4.25. The first-order valence-electron chi connectivity index (χ1n) is 9.91. The van der Waals surface area contributed by atoms with E-state index in [1.165, 1.54) is 0 Å². The van der Waals surface area contributed by atoms with E-state index in [-0.39, 0.29) is 17.2 Å². The Hall–Kier alpha value is -3.06. The summed E-state index contributed by atoms with van der Waals surface area (Å²) in [7, 11) is 0. The number of amides is 2. The SMILES string of the molecule is O=C(CN1C(=O)S/C(=C/c2ccc(OCc3ccccc3Cl)cc2)C1=O)c1ccc(Cl)cc1. The normalized spacial score (nSPS) is 14.7. The molecular weight excluding hydrogens is 481 g/mol. The highest BCUT2D eigenvalue weighted by molar-refractivity contribution is 8.18. The highest BCUT2D eigenvalue weighted by atomic mass is 35.5. The maximum atomic E-state index is 12.7. The van der Waals surface area contributed by atoms with Crippen molar-refractivity contribution in [3.8, 4) is 5.75 Å². The zero-order valence-corrected chi connectivity index (χ0v) is 19.5. The molecule has 3 aromatic carbocycles. The van der Waals surface area contributed by atoms with Gasteiger partial charge in [-0.2, -0.15) is 0 Å². The number of ether oxygens (including phenoxy) is 1. The van der Waals surface area contributed by atoms with Crippen molar-refractivity contribution in [2.75, 3.05) is 6.54 Å². The van der Waals surface area contributed by atoms with Crippen LogP contribution in [0.25, 0.3) is 6.08 Å². The summed E-state index contributed by atoms with van der Waals surface area (Å²) in [5.74, 6) is -0.185. The predicted octanol–water partition coefficient (Wildman–Crippen LogP) is 6.49. The van der Waals surface area contributed by atoms with Crippen LogP contribution in [0.15, 0.2) is 77.7 Å². The summed E-state index contributed by atoms with van der Waals surface area (Å²) in [6.45, 7) is 0.0119. The molecule has 166 valence electrons. The molecule has 0 spiro atoms. The number of thioether (sulfide) groups is 1. The summed E-state index contributed by atoms with van der Waals surface area (Å²) in [5.41, 5.74) is 1.99. The van der Waals surface area contributed by atoms with Gasteiger partial charge in [0.05, 0.1) is 11.4 Å². The Balaban J connectivity index is 1.40. The number of rotatable bonds is 7. The van der Waals surface area contributed by atoms with Gasteiger partial charge in [0, 0.05) is 21.2 Å². The van der Waals surface area contributed by atoms with Crippen LogP contribution in [0, 0.1) is 0 Å². The van der Waals surface area contributed by atoms with E-state index in [0.29, 0.717) is 28.0 Å². The van der Waals surface area contributed by atoms with Crippen LogP contribution in [0.2, 0.25) is 10.0 Å². The second kappa shape index (κ2) is 10.3. The first kappa shape index (κ1) is 23.1. The molecule has 0 radical (unpaired) electrons. The molecule has 0 aliphatic carbocycles. The number of ketones is 1. The molecule has 0 N–H and O–H groups in total. The van der Waals surface area contributed by atoms with Crippen LogP contribution in [0.1, 0.15) is 21.5 Å². The third kappa shape index (κ3) is 5.66. The van der Waals surface area contributed by atoms with Gasteiger partial charge in [-0.25, -0.2) is 0 Å². The number of nitrogens with zero attached hydrogens (tertiary/aromatic N) is 1. The van der Waals surface area contributed by atoms with E-state index in [9.17, 15) is 14.4 Å². The molecule has 1 fully saturated rings. The summed E-state index contributed by atoms with van der Waals surface area (Å²) < 4.78 is 5.76. The van der Waals surface area contributed by atoms with Crippen LogP contribution in [0.3, 0.4) is 0 Å². The van der Waals surface area contributed by atoms with Gasteiger partial charge in [0.2, 0.25) is 0 Å². The second-order valence-corrected chi connectivity index (χ2v) is 8.98. The third-order valence-electron chi connectivity index (χ3n) is 4.87. The van der Waals surface area contributed by atoms with Crippen molar-refractivity contribution in [2.45, 2.75) is 6.61 Å². The van der Waals surface area contributed by atoms with Crippen LogP contribution < -0.4 is 4.74 Å². The van der Waals surface area contributed by atoms with Gasteiger partial charge in [0.25, 0.3) is 11.1 Å².